The number of rotatable bonds is 5. The first-order valence-corrected chi connectivity index (χ1v) is 10.5. The summed E-state index contributed by atoms with van der Waals surface area (Å²) in [7, 11) is 0.808. The van der Waals surface area contributed by atoms with E-state index in [2.05, 4.69) is 15.2 Å². The normalized spacial score (nSPS) is 11.9. The van der Waals surface area contributed by atoms with E-state index in [1.54, 1.807) is 42.6 Å². The Morgan fingerprint density at radius 1 is 1.07 bits per heavy atom. The van der Waals surface area contributed by atoms with Crippen LogP contribution in [0.4, 0.5) is 4.39 Å². The number of halogens is 1. The van der Waals surface area contributed by atoms with Crippen LogP contribution in [0.5, 0.6) is 5.75 Å². The maximum Gasteiger partial charge on any atom is 0.242 e. The largest absolute Gasteiger partial charge is 0.493 e. The van der Waals surface area contributed by atoms with Crippen LogP contribution in [0.2, 0.25) is 0 Å². The molecule has 0 amide bonds. The molecule has 0 bridgehead atoms. The Kier molecular flexibility index (Phi) is 5.00. The SMILES string of the molecule is COc1c(F)cccc1-c1[nH]nc2ncc(-c3cccc(S(=O)(=O)N(C)C)c3)cc12. The predicted octanol–water partition coefficient (Wildman–Crippen LogP) is 3.69. The minimum atomic E-state index is -3.57. The van der Waals surface area contributed by atoms with Crippen molar-refractivity contribution in [1.29, 1.82) is 0 Å². The van der Waals surface area contributed by atoms with Gasteiger partial charge in [0.15, 0.2) is 17.2 Å². The van der Waals surface area contributed by atoms with Crippen molar-refractivity contribution in [2.45, 2.75) is 4.90 Å². The number of benzene rings is 2. The van der Waals surface area contributed by atoms with Gasteiger partial charge < -0.3 is 4.74 Å². The van der Waals surface area contributed by atoms with E-state index in [9.17, 15) is 12.8 Å². The average Bonchev–Trinajstić information content (AvgIpc) is 3.16. The number of sulfonamides is 1. The summed E-state index contributed by atoms with van der Waals surface area (Å²) in [5.74, 6) is -0.379. The van der Waals surface area contributed by atoms with Crippen molar-refractivity contribution >= 4 is 21.1 Å². The summed E-state index contributed by atoms with van der Waals surface area (Å²) in [6.45, 7) is 0. The molecular weight excluding hydrogens is 407 g/mol. The van der Waals surface area contributed by atoms with Gasteiger partial charge in [-0.25, -0.2) is 22.1 Å². The van der Waals surface area contributed by atoms with E-state index in [0.717, 1.165) is 4.31 Å². The van der Waals surface area contributed by atoms with E-state index < -0.39 is 15.8 Å². The number of aromatic amines is 1. The molecule has 0 radical (unpaired) electrons. The highest BCUT2D eigenvalue weighted by molar-refractivity contribution is 7.89. The Balaban J connectivity index is 1.87. The lowest BCUT2D eigenvalue weighted by Crippen LogP contribution is -2.22. The molecule has 0 fully saturated rings. The molecule has 0 unspecified atom stereocenters. The second-order valence-corrected chi connectivity index (χ2v) is 8.98. The van der Waals surface area contributed by atoms with Crippen LogP contribution >= 0.6 is 0 Å². The predicted molar refractivity (Wildman–Crippen MR) is 112 cm³/mol. The summed E-state index contributed by atoms with van der Waals surface area (Å²) in [4.78, 5) is 4.56. The number of aromatic nitrogens is 3. The first-order valence-electron chi connectivity index (χ1n) is 9.03. The van der Waals surface area contributed by atoms with E-state index in [-0.39, 0.29) is 10.6 Å². The Labute approximate surface area is 173 Å². The second-order valence-electron chi connectivity index (χ2n) is 6.83. The second kappa shape index (κ2) is 7.51. The van der Waals surface area contributed by atoms with Crippen LogP contribution in [0.3, 0.4) is 0 Å². The van der Waals surface area contributed by atoms with Crippen molar-refractivity contribution in [2.24, 2.45) is 0 Å². The van der Waals surface area contributed by atoms with Crippen LogP contribution < -0.4 is 4.74 Å². The minimum Gasteiger partial charge on any atom is -0.493 e. The molecule has 0 spiro atoms. The van der Waals surface area contributed by atoms with Gasteiger partial charge in [-0.1, -0.05) is 18.2 Å². The van der Waals surface area contributed by atoms with Crippen molar-refractivity contribution in [2.75, 3.05) is 21.2 Å². The number of fused-ring (bicyclic) bond motifs is 1. The van der Waals surface area contributed by atoms with Crippen LogP contribution in [0.25, 0.3) is 33.4 Å². The minimum absolute atomic E-state index is 0.104. The van der Waals surface area contributed by atoms with Gasteiger partial charge in [0, 0.05) is 36.8 Å². The molecule has 154 valence electrons. The number of para-hydroxylation sites is 1. The van der Waals surface area contributed by atoms with Crippen LogP contribution in [0.1, 0.15) is 0 Å². The van der Waals surface area contributed by atoms with Gasteiger partial charge >= 0.3 is 0 Å². The maximum atomic E-state index is 14.2. The number of hydrogen-bond acceptors (Lipinski definition) is 5. The van der Waals surface area contributed by atoms with Gasteiger partial charge in [0.1, 0.15) is 0 Å². The van der Waals surface area contributed by atoms with Crippen LogP contribution in [-0.2, 0) is 10.0 Å². The molecule has 0 aliphatic heterocycles. The molecule has 0 atom stereocenters. The highest BCUT2D eigenvalue weighted by atomic mass is 32.2. The lowest BCUT2D eigenvalue weighted by molar-refractivity contribution is 0.388. The molecule has 0 saturated carbocycles. The van der Waals surface area contributed by atoms with Gasteiger partial charge in [-0.05, 0) is 35.9 Å². The van der Waals surface area contributed by atoms with Crippen LogP contribution in [0.15, 0.2) is 59.6 Å². The lowest BCUT2D eigenvalue weighted by Gasteiger charge is -2.12. The van der Waals surface area contributed by atoms with Crippen LogP contribution in [0, 0.1) is 5.82 Å². The van der Waals surface area contributed by atoms with Gasteiger partial charge in [-0.15, -0.1) is 0 Å². The third-order valence-electron chi connectivity index (χ3n) is 4.80. The highest BCUT2D eigenvalue weighted by Gasteiger charge is 2.19. The fourth-order valence-electron chi connectivity index (χ4n) is 3.22. The Hall–Kier alpha value is -3.30. The van der Waals surface area contributed by atoms with Gasteiger partial charge in [-0.2, -0.15) is 5.10 Å². The molecule has 30 heavy (non-hydrogen) atoms. The van der Waals surface area contributed by atoms with E-state index >= 15 is 0 Å². The highest BCUT2D eigenvalue weighted by Crippen LogP contribution is 2.36. The smallest absolute Gasteiger partial charge is 0.242 e. The van der Waals surface area contributed by atoms with Crippen molar-refractivity contribution < 1.29 is 17.5 Å². The molecule has 1 N–H and O–H groups in total. The molecule has 2 aromatic heterocycles. The number of hydrogen-bond donors (Lipinski definition) is 1. The zero-order valence-electron chi connectivity index (χ0n) is 16.5. The summed E-state index contributed by atoms with van der Waals surface area (Å²) in [5, 5.41) is 7.76. The molecule has 4 aromatic rings. The number of pyridine rings is 1. The maximum absolute atomic E-state index is 14.2. The topological polar surface area (TPSA) is 88.2 Å². The summed E-state index contributed by atoms with van der Waals surface area (Å²) < 4.78 is 45.5. The first kappa shape index (κ1) is 20.0. The standard InChI is InChI=1S/C21H19FN4O3S/c1-26(2)30(27,28)15-7-4-6-13(10-15)14-11-17-19(24-25-21(17)23-12-14)16-8-5-9-18(22)20(16)29-3/h4-12H,1-3H3,(H,23,24,25). The Bertz CT molecular complexity index is 1350. The molecule has 7 nitrogen and oxygen atoms in total. The van der Waals surface area contributed by atoms with Gasteiger partial charge in [0.05, 0.1) is 17.7 Å². The molecule has 0 aliphatic carbocycles. The van der Waals surface area contributed by atoms with E-state index in [1.165, 1.54) is 27.3 Å². The summed E-state index contributed by atoms with van der Waals surface area (Å²) in [6, 6.07) is 13.1. The molecule has 0 saturated heterocycles. The lowest BCUT2D eigenvalue weighted by atomic mass is 10.0. The molecule has 9 heteroatoms. The van der Waals surface area contributed by atoms with Gasteiger partial charge in [0.25, 0.3) is 0 Å². The van der Waals surface area contributed by atoms with Crippen molar-refractivity contribution in [1.82, 2.24) is 19.5 Å². The third kappa shape index (κ3) is 3.31. The van der Waals surface area contributed by atoms with Gasteiger partial charge in [-0.3, -0.25) is 5.10 Å². The molecular formula is C21H19FN4O3S. The number of nitrogens with one attached hydrogen (secondary N) is 1. The number of methoxy groups -OCH3 is 1. The number of ether oxygens (including phenoxy) is 1. The Morgan fingerprint density at radius 3 is 2.57 bits per heavy atom. The molecule has 2 aromatic carbocycles. The Morgan fingerprint density at radius 2 is 1.83 bits per heavy atom. The first-order chi connectivity index (χ1) is 14.3. The summed E-state index contributed by atoms with van der Waals surface area (Å²) >= 11 is 0. The van der Waals surface area contributed by atoms with Crippen molar-refractivity contribution in [3.8, 4) is 28.1 Å². The van der Waals surface area contributed by atoms with Gasteiger partial charge in [0.2, 0.25) is 10.0 Å². The monoisotopic (exact) mass is 426 g/mol. The number of nitrogens with zero attached hydrogens (tertiary/aromatic N) is 3. The average molecular weight is 426 g/mol. The zero-order chi connectivity index (χ0) is 21.5. The summed E-state index contributed by atoms with van der Waals surface area (Å²) in [5.41, 5.74) is 2.93. The number of H-pyrrole nitrogens is 1. The van der Waals surface area contributed by atoms with E-state index in [0.29, 0.717) is 33.4 Å². The fraction of sp³-hybridized carbons (Fsp3) is 0.143. The molecule has 2 heterocycles. The molecule has 4 rings (SSSR count). The summed E-state index contributed by atoms with van der Waals surface area (Å²) in [6.07, 6.45) is 1.62. The fourth-order valence-corrected chi connectivity index (χ4v) is 4.17. The van der Waals surface area contributed by atoms with Crippen LogP contribution in [-0.4, -0.2) is 49.1 Å². The van der Waals surface area contributed by atoms with Crippen molar-refractivity contribution in [3.63, 3.8) is 0 Å². The zero-order valence-corrected chi connectivity index (χ0v) is 17.4. The van der Waals surface area contributed by atoms with Crippen molar-refractivity contribution in [3.05, 3.63) is 60.5 Å². The van der Waals surface area contributed by atoms with E-state index in [4.69, 9.17) is 4.74 Å². The third-order valence-corrected chi connectivity index (χ3v) is 6.61. The quantitative estimate of drug-likeness (QED) is 0.526. The van der Waals surface area contributed by atoms with E-state index in [1.807, 2.05) is 6.07 Å². The molecule has 0 aliphatic rings.